The third-order valence-corrected chi connectivity index (χ3v) is 7.26. The van der Waals surface area contributed by atoms with Crippen LogP contribution in [0.3, 0.4) is 0 Å². The van der Waals surface area contributed by atoms with Gasteiger partial charge < -0.3 is 9.13 Å². The van der Waals surface area contributed by atoms with E-state index in [-0.39, 0.29) is 0 Å². The molecule has 6 heteroatoms. The lowest BCUT2D eigenvalue weighted by Crippen LogP contribution is -2.04. The highest BCUT2D eigenvalue weighted by molar-refractivity contribution is 7.73. The van der Waals surface area contributed by atoms with Crippen molar-refractivity contribution < 1.29 is 0 Å². The molecule has 2 heterocycles. The number of benzene rings is 2. The van der Waals surface area contributed by atoms with Gasteiger partial charge in [0.1, 0.15) is 0 Å². The summed E-state index contributed by atoms with van der Waals surface area (Å²) in [6.07, 6.45) is 2.13. The van der Waals surface area contributed by atoms with Gasteiger partial charge in [-0.15, -0.1) is 22.7 Å². The number of thiazole rings is 2. The van der Waals surface area contributed by atoms with Crippen LogP contribution in [-0.4, -0.2) is 9.13 Å². The van der Waals surface area contributed by atoms with E-state index in [0.717, 1.165) is 33.8 Å². The molecule has 0 amide bonds. The second-order valence-corrected chi connectivity index (χ2v) is 9.52. The van der Waals surface area contributed by atoms with Crippen LogP contribution in [0.2, 0.25) is 0 Å². The van der Waals surface area contributed by atoms with Crippen molar-refractivity contribution in [3.63, 3.8) is 0 Å². The molecule has 28 heavy (non-hydrogen) atoms. The summed E-state index contributed by atoms with van der Waals surface area (Å²) in [5.41, 5.74) is 4.88. The molecule has 2 aromatic heterocycles. The third kappa shape index (κ3) is 4.25. The third-order valence-electron chi connectivity index (χ3n) is 4.72. The van der Waals surface area contributed by atoms with E-state index in [9.17, 15) is 0 Å². The van der Waals surface area contributed by atoms with Crippen LogP contribution in [0.25, 0.3) is 22.5 Å². The normalized spacial score (nSPS) is 11.0. The van der Waals surface area contributed by atoms with Gasteiger partial charge in [-0.2, -0.15) is 0 Å². The first-order valence-corrected chi connectivity index (χ1v) is 11.8. The summed E-state index contributed by atoms with van der Waals surface area (Å²) >= 11 is 14.4. The van der Waals surface area contributed by atoms with Gasteiger partial charge in [0, 0.05) is 23.8 Å². The molecule has 0 aliphatic rings. The minimum absolute atomic E-state index is 0.935. The van der Waals surface area contributed by atoms with Crippen LogP contribution in [-0.2, 0) is 13.1 Å². The standard InChI is InChI=1S/C22H20N2S4/c25-21-23(19(15-27-21)17-9-3-1-4-10-17)13-7-8-14-24-20(16-28-22(24)26)18-11-5-2-6-12-18/h1-6,9-12,15-16H,7-8,13-14H2. The van der Waals surface area contributed by atoms with Crippen LogP contribution >= 0.6 is 47.1 Å². The monoisotopic (exact) mass is 440 g/mol. The van der Waals surface area contributed by atoms with Crippen molar-refractivity contribution in [1.82, 2.24) is 9.13 Å². The fraction of sp³-hybridized carbons (Fsp3) is 0.182. The van der Waals surface area contributed by atoms with Crippen LogP contribution in [0.15, 0.2) is 71.4 Å². The Morgan fingerprint density at radius 3 is 1.39 bits per heavy atom. The van der Waals surface area contributed by atoms with Gasteiger partial charge in [-0.3, -0.25) is 0 Å². The second-order valence-electron chi connectivity index (χ2n) is 6.52. The molecule has 0 atom stereocenters. The van der Waals surface area contributed by atoms with E-state index in [2.05, 4.69) is 68.4 Å². The van der Waals surface area contributed by atoms with Gasteiger partial charge in [-0.1, -0.05) is 60.7 Å². The van der Waals surface area contributed by atoms with E-state index in [1.165, 1.54) is 22.5 Å². The van der Waals surface area contributed by atoms with Gasteiger partial charge in [0.25, 0.3) is 0 Å². The van der Waals surface area contributed by atoms with Gasteiger partial charge in [0.15, 0.2) is 7.91 Å². The topological polar surface area (TPSA) is 9.86 Å². The lowest BCUT2D eigenvalue weighted by atomic mass is 10.1. The van der Waals surface area contributed by atoms with E-state index in [1.807, 2.05) is 12.1 Å². The van der Waals surface area contributed by atoms with E-state index >= 15 is 0 Å². The Bertz CT molecular complexity index is 1060. The molecule has 0 fully saturated rings. The van der Waals surface area contributed by atoms with E-state index in [1.54, 1.807) is 22.7 Å². The maximum Gasteiger partial charge on any atom is 0.161 e. The molecule has 0 radical (unpaired) electrons. The Kier molecular flexibility index (Phi) is 6.32. The van der Waals surface area contributed by atoms with Crippen molar-refractivity contribution in [3.05, 3.63) is 79.3 Å². The first kappa shape index (κ1) is 19.5. The zero-order valence-corrected chi connectivity index (χ0v) is 18.6. The number of hydrogen-bond donors (Lipinski definition) is 0. The van der Waals surface area contributed by atoms with Gasteiger partial charge in [-0.25, -0.2) is 0 Å². The lowest BCUT2D eigenvalue weighted by Gasteiger charge is -2.11. The zero-order chi connectivity index (χ0) is 19.3. The minimum atomic E-state index is 0.935. The Morgan fingerprint density at radius 1 is 0.607 bits per heavy atom. The Labute approximate surface area is 183 Å². The largest absolute Gasteiger partial charge is 0.323 e. The summed E-state index contributed by atoms with van der Waals surface area (Å²) in [7, 11) is 0. The average Bonchev–Trinajstić information content (AvgIpc) is 3.29. The summed E-state index contributed by atoms with van der Waals surface area (Å²) in [6, 6.07) is 21.0. The molecule has 4 aromatic rings. The first-order chi connectivity index (χ1) is 13.7. The van der Waals surface area contributed by atoms with E-state index < -0.39 is 0 Å². The average molecular weight is 441 g/mol. The van der Waals surface area contributed by atoms with Gasteiger partial charge in [0.05, 0.1) is 11.4 Å². The van der Waals surface area contributed by atoms with Crippen molar-refractivity contribution in [3.8, 4) is 22.5 Å². The quantitative estimate of drug-likeness (QED) is 0.215. The maximum atomic E-state index is 5.57. The fourth-order valence-corrected chi connectivity index (χ4v) is 5.55. The molecule has 0 unspecified atom stereocenters. The summed E-state index contributed by atoms with van der Waals surface area (Å²) in [4.78, 5) is 0. The predicted molar refractivity (Wildman–Crippen MR) is 126 cm³/mol. The van der Waals surface area contributed by atoms with Crippen LogP contribution < -0.4 is 0 Å². The first-order valence-electron chi connectivity index (χ1n) is 9.21. The molecule has 2 aromatic carbocycles. The Morgan fingerprint density at radius 2 is 1.00 bits per heavy atom. The van der Waals surface area contributed by atoms with Crippen LogP contribution in [0, 0.1) is 7.91 Å². The maximum absolute atomic E-state index is 5.57. The van der Waals surface area contributed by atoms with Crippen LogP contribution in [0.1, 0.15) is 12.8 Å². The van der Waals surface area contributed by atoms with Gasteiger partial charge in [0.2, 0.25) is 0 Å². The summed E-state index contributed by atoms with van der Waals surface area (Å²) in [6.45, 7) is 1.87. The van der Waals surface area contributed by atoms with Gasteiger partial charge >= 0.3 is 0 Å². The highest BCUT2D eigenvalue weighted by Crippen LogP contribution is 2.26. The molecular formula is C22H20N2S4. The van der Waals surface area contributed by atoms with Crippen molar-refractivity contribution >= 4 is 47.1 Å². The summed E-state index contributed by atoms with van der Waals surface area (Å²) < 4.78 is 6.41. The smallest absolute Gasteiger partial charge is 0.161 e. The molecular weight excluding hydrogens is 421 g/mol. The lowest BCUT2D eigenvalue weighted by molar-refractivity contribution is 0.557. The van der Waals surface area contributed by atoms with E-state index in [0.29, 0.717) is 0 Å². The number of nitrogens with zero attached hydrogens (tertiary/aromatic N) is 2. The molecule has 0 saturated carbocycles. The number of unbranched alkanes of at least 4 members (excludes halogenated alkanes) is 1. The zero-order valence-electron chi connectivity index (χ0n) is 15.3. The molecule has 4 rings (SSSR count). The predicted octanol–water partition coefficient (Wildman–Crippen LogP) is 7.69. The number of rotatable bonds is 7. The van der Waals surface area contributed by atoms with Crippen molar-refractivity contribution in [2.75, 3.05) is 0 Å². The molecule has 0 saturated heterocycles. The molecule has 0 bridgehead atoms. The molecule has 0 N–H and O–H groups in total. The minimum Gasteiger partial charge on any atom is -0.323 e. The molecule has 0 aliphatic carbocycles. The van der Waals surface area contributed by atoms with Crippen molar-refractivity contribution in [1.29, 1.82) is 0 Å². The summed E-state index contributed by atoms with van der Waals surface area (Å²) in [5, 5.41) is 4.33. The molecule has 2 nitrogen and oxygen atoms in total. The fourth-order valence-electron chi connectivity index (χ4n) is 3.29. The second kappa shape index (κ2) is 9.09. The molecule has 0 aliphatic heterocycles. The van der Waals surface area contributed by atoms with E-state index in [4.69, 9.17) is 24.4 Å². The highest BCUT2D eigenvalue weighted by Gasteiger charge is 2.09. The highest BCUT2D eigenvalue weighted by atomic mass is 32.2. The Balaban J connectivity index is 1.45. The van der Waals surface area contributed by atoms with Crippen LogP contribution in [0.4, 0.5) is 0 Å². The van der Waals surface area contributed by atoms with Crippen molar-refractivity contribution in [2.45, 2.75) is 25.9 Å². The Hall–Kier alpha value is -1.86. The van der Waals surface area contributed by atoms with Crippen LogP contribution in [0.5, 0.6) is 0 Å². The molecule has 142 valence electrons. The molecule has 0 spiro atoms. The number of hydrogen-bond acceptors (Lipinski definition) is 4. The summed E-state index contributed by atoms with van der Waals surface area (Å²) in [5.74, 6) is 0. The SMILES string of the molecule is S=c1scc(-c2ccccc2)n1CCCCn1c(-c2ccccc2)csc1=S. The van der Waals surface area contributed by atoms with Crippen molar-refractivity contribution in [2.24, 2.45) is 0 Å². The van der Waals surface area contributed by atoms with Gasteiger partial charge in [-0.05, 0) is 48.4 Å². The number of aromatic nitrogens is 2.